The number of phenolic OH excluding ortho intramolecular Hbond substituents is 2. The largest absolute Gasteiger partial charge is 0.507 e. The van der Waals surface area contributed by atoms with E-state index in [0.717, 1.165) is 14.7 Å². The van der Waals surface area contributed by atoms with Crippen LogP contribution >= 0.6 is 23.5 Å². The number of anilines is 1. The van der Waals surface area contributed by atoms with Crippen LogP contribution in [-0.4, -0.2) is 105 Å². The van der Waals surface area contributed by atoms with E-state index >= 15 is 0 Å². The van der Waals surface area contributed by atoms with Crippen molar-refractivity contribution in [1.82, 2.24) is 5.32 Å². The number of benzene rings is 5. The van der Waals surface area contributed by atoms with Crippen molar-refractivity contribution in [2.24, 2.45) is 0 Å². The summed E-state index contributed by atoms with van der Waals surface area (Å²) in [6.07, 6.45) is -7.66. The highest BCUT2D eigenvalue weighted by Gasteiger charge is 2.50. The van der Waals surface area contributed by atoms with Crippen LogP contribution in [-0.2, 0) is 41.6 Å². The van der Waals surface area contributed by atoms with E-state index in [1.54, 1.807) is 24.3 Å². The van der Waals surface area contributed by atoms with Crippen molar-refractivity contribution in [2.45, 2.75) is 78.8 Å². The molecule has 1 fully saturated rings. The number of fused-ring (bicyclic) bond motifs is 3. The van der Waals surface area contributed by atoms with Crippen molar-refractivity contribution in [2.75, 3.05) is 18.6 Å². The molecular weight excluding hydrogens is 945 g/mol. The van der Waals surface area contributed by atoms with Gasteiger partial charge in [-0.15, -0.1) is 0 Å². The number of rotatable bonds is 13. The highest BCUT2D eigenvalue weighted by Crippen LogP contribution is 2.53. The lowest BCUT2D eigenvalue weighted by molar-refractivity contribution is -0.249. The lowest BCUT2D eigenvalue weighted by Crippen LogP contribution is -2.56. The van der Waals surface area contributed by atoms with Crippen LogP contribution in [0.4, 0.5) is 10.5 Å². The summed E-state index contributed by atoms with van der Waals surface area (Å²) in [7, 11) is 1.30. The van der Waals surface area contributed by atoms with Crippen molar-refractivity contribution >= 4 is 64.5 Å². The van der Waals surface area contributed by atoms with Crippen LogP contribution in [0.2, 0.25) is 0 Å². The van der Waals surface area contributed by atoms with Gasteiger partial charge in [0.2, 0.25) is 5.78 Å². The molecule has 0 radical (unpaired) electrons. The minimum absolute atomic E-state index is 0.0398. The predicted molar refractivity (Wildman–Crippen MR) is 251 cm³/mol. The van der Waals surface area contributed by atoms with Crippen molar-refractivity contribution in [3.05, 3.63) is 152 Å². The summed E-state index contributed by atoms with van der Waals surface area (Å²) in [5.41, 5.74) is -3.47. The molecular formula is C51H44N2O15S2. The Hall–Kier alpha value is -6.84. The number of nitrogens with one attached hydrogen (secondary N) is 1. The van der Waals surface area contributed by atoms with Crippen molar-refractivity contribution in [3.63, 3.8) is 0 Å². The number of Topliss-reactive ketones (excluding diaryl/α,β-unsaturated/α-hetero) is 1. The van der Waals surface area contributed by atoms with E-state index < -0.39 is 114 Å². The van der Waals surface area contributed by atoms with Gasteiger partial charge in [0.1, 0.15) is 42.2 Å². The number of ketones is 3. The van der Waals surface area contributed by atoms with Crippen LogP contribution in [0.5, 0.6) is 17.2 Å². The molecule has 0 unspecified atom stereocenters. The minimum Gasteiger partial charge on any atom is -0.507 e. The number of imide groups is 1. The number of amides is 3. The maximum atomic E-state index is 14.0. The summed E-state index contributed by atoms with van der Waals surface area (Å²) in [5.74, 6) is -5.20. The molecule has 6 N–H and O–H groups in total. The quantitative estimate of drug-likeness (QED) is 0.0605. The molecule has 3 amide bonds. The first-order valence-corrected chi connectivity index (χ1v) is 23.6. The van der Waals surface area contributed by atoms with Crippen LogP contribution in [0.1, 0.15) is 74.4 Å². The molecule has 6 atom stereocenters. The molecule has 4 aliphatic rings. The number of hydrogen-bond acceptors (Lipinski definition) is 17. The summed E-state index contributed by atoms with van der Waals surface area (Å²) >= 11 is 2.41. The molecule has 360 valence electrons. The Labute approximate surface area is 408 Å². The Morgan fingerprint density at radius 3 is 2.03 bits per heavy atom. The second-order valence-electron chi connectivity index (χ2n) is 16.9. The summed E-state index contributed by atoms with van der Waals surface area (Å²) in [5, 5.41) is 58.8. The fourth-order valence-electron chi connectivity index (χ4n) is 9.06. The lowest BCUT2D eigenvalue weighted by Gasteiger charge is -2.42. The second kappa shape index (κ2) is 19.5. The fraction of sp³-hybridized carbons (Fsp3) is 0.255. The first-order valence-electron chi connectivity index (χ1n) is 22.0. The van der Waals surface area contributed by atoms with Gasteiger partial charge in [0.05, 0.1) is 57.5 Å². The molecule has 5 aromatic carbocycles. The Kier molecular flexibility index (Phi) is 13.4. The fourth-order valence-corrected chi connectivity index (χ4v) is 11.1. The van der Waals surface area contributed by atoms with Gasteiger partial charge in [-0.3, -0.25) is 24.0 Å². The number of carbonyl (C=O) groups excluding carboxylic acids is 6. The van der Waals surface area contributed by atoms with E-state index in [1.165, 1.54) is 55.8 Å². The zero-order valence-corrected chi connectivity index (χ0v) is 39.0. The van der Waals surface area contributed by atoms with Crippen LogP contribution in [0.15, 0.2) is 123 Å². The Bertz CT molecular complexity index is 2920. The molecule has 1 saturated heterocycles. The molecule has 2 aliphatic heterocycles. The average molecular weight is 989 g/mol. The summed E-state index contributed by atoms with van der Waals surface area (Å²) in [6, 6.07) is 28.0. The molecule has 2 heterocycles. The number of methoxy groups -OCH3 is 1. The maximum absolute atomic E-state index is 14.0. The van der Waals surface area contributed by atoms with E-state index in [9.17, 15) is 54.3 Å². The summed E-state index contributed by atoms with van der Waals surface area (Å²) < 4.78 is 23.1. The van der Waals surface area contributed by atoms with E-state index in [0.29, 0.717) is 11.3 Å². The molecule has 70 heavy (non-hydrogen) atoms. The van der Waals surface area contributed by atoms with Gasteiger partial charge < -0.3 is 49.8 Å². The van der Waals surface area contributed by atoms with Crippen LogP contribution in [0.25, 0.3) is 0 Å². The van der Waals surface area contributed by atoms with E-state index in [-0.39, 0.29) is 50.8 Å². The lowest BCUT2D eigenvalue weighted by atomic mass is 9.72. The normalized spacial score (nSPS) is 22.9. The summed E-state index contributed by atoms with van der Waals surface area (Å²) in [4.78, 5) is 85.3. The highest BCUT2D eigenvalue weighted by atomic mass is 32.2. The third-order valence-electron chi connectivity index (χ3n) is 12.6. The van der Waals surface area contributed by atoms with Crippen molar-refractivity contribution < 1.29 is 73.2 Å². The summed E-state index contributed by atoms with van der Waals surface area (Å²) in [6.45, 7) is 0.128. The zero-order chi connectivity index (χ0) is 49.6. The Balaban J connectivity index is 0.896. The van der Waals surface area contributed by atoms with Crippen LogP contribution < -0.4 is 15.0 Å². The van der Waals surface area contributed by atoms with E-state index in [2.05, 4.69) is 5.32 Å². The van der Waals surface area contributed by atoms with Crippen molar-refractivity contribution in [3.8, 4) is 17.2 Å². The maximum Gasteiger partial charge on any atom is 0.407 e. The molecule has 0 bridgehead atoms. The second-order valence-corrected chi connectivity index (χ2v) is 19.1. The van der Waals surface area contributed by atoms with E-state index in [4.69, 9.17) is 18.9 Å². The smallest absolute Gasteiger partial charge is 0.407 e. The monoisotopic (exact) mass is 988 g/mol. The van der Waals surface area contributed by atoms with Crippen LogP contribution in [0, 0.1) is 0 Å². The van der Waals surface area contributed by atoms with Gasteiger partial charge in [-0.2, -0.15) is 0 Å². The number of alkyl carbamates (subject to hydrolysis) is 1. The third-order valence-corrected chi connectivity index (χ3v) is 14.9. The van der Waals surface area contributed by atoms with E-state index in [1.807, 2.05) is 60.7 Å². The molecule has 17 nitrogen and oxygen atoms in total. The standard InChI is InChI=1S/C51H44N2O15S2/c1-25-41(56)32(52-50(63)66-24-26-16-18-27(19-17-26)53-48(61)46(69-28-10-5-3-6-11-28)47(49(53)62)70-29-12-7-4-8-13-29)20-36(67-25)68-34-22-51(64,35(55)23-54)21-31-38(34)45(60)40-39(43(31)58)42(57)30-14-9-15-33(65-2)37(30)44(40)59/h3-19,25,32,34,36,41,54,56,58,60,64H,20-24H2,1-2H3,(H,52,63)/t25-,32-,34-,36-,41+,51-/m0/s1. The highest BCUT2D eigenvalue weighted by molar-refractivity contribution is 8.08. The van der Waals surface area contributed by atoms with Gasteiger partial charge in [0.15, 0.2) is 17.9 Å². The number of hydrogen-bond donors (Lipinski definition) is 6. The molecule has 0 spiro atoms. The molecule has 9 rings (SSSR count). The number of aromatic hydroxyl groups is 2. The van der Waals surface area contributed by atoms with Gasteiger partial charge >= 0.3 is 6.09 Å². The number of aliphatic hydroxyl groups is 3. The van der Waals surface area contributed by atoms with Crippen molar-refractivity contribution in [1.29, 1.82) is 0 Å². The van der Waals surface area contributed by atoms with Gasteiger partial charge in [0, 0.05) is 45.7 Å². The number of aliphatic hydroxyl groups excluding tert-OH is 2. The molecule has 2 aliphatic carbocycles. The molecule has 5 aromatic rings. The van der Waals surface area contributed by atoms with Gasteiger partial charge in [0.25, 0.3) is 11.8 Å². The Morgan fingerprint density at radius 1 is 0.814 bits per heavy atom. The topological polar surface area (TPSA) is 256 Å². The Morgan fingerprint density at radius 2 is 1.43 bits per heavy atom. The van der Waals surface area contributed by atoms with Crippen LogP contribution in [0.3, 0.4) is 0 Å². The SMILES string of the molecule is COc1cccc2c1C(=O)c1c(O)c3c(c(O)c1C2=O)C[C@@](O)(C(=O)CO)C[C@@H]3O[C@H]1C[C@H](NC(=O)OCc2ccc(N3C(=O)C(Sc4ccccc4)=C(Sc4ccccc4)C3=O)cc2)[C@H](O)[C@H](C)O1. The molecule has 0 saturated carbocycles. The number of ether oxygens (including phenoxy) is 4. The third kappa shape index (κ3) is 8.85. The van der Waals surface area contributed by atoms with Gasteiger partial charge in [-0.05, 0) is 55.0 Å². The molecule has 19 heteroatoms. The number of thioether (sulfide) groups is 2. The first-order chi connectivity index (χ1) is 33.6. The first kappa shape index (κ1) is 48.2. The predicted octanol–water partition coefficient (Wildman–Crippen LogP) is 5.64. The minimum atomic E-state index is -2.39. The number of nitrogens with zero attached hydrogens (tertiary/aromatic N) is 1. The van der Waals surface area contributed by atoms with Gasteiger partial charge in [-0.25, -0.2) is 9.69 Å². The number of carbonyl (C=O) groups is 6. The number of phenols is 2. The molecule has 0 aromatic heterocycles. The van der Waals surface area contributed by atoms with Gasteiger partial charge in [-0.1, -0.05) is 84.2 Å². The zero-order valence-electron chi connectivity index (χ0n) is 37.3. The average Bonchev–Trinajstić information content (AvgIpc) is 3.58.